The van der Waals surface area contributed by atoms with Crippen molar-refractivity contribution >= 4 is 23.4 Å². The summed E-state index contributed by atoms with van der Waals surface area (Å²) in [6.45, 7) is 2.53. The summed E-state index contributed by atoms with van der Waals surface area (Å²) in [4.78, 5) is 11.9. The Kier molecular flexibility index (Phi) is 5.63. The van der Waals surface area contributed by atoms with Gasteiger partial charge in [0.1, 0.15) is 11.5 Å². The summed E-state index contributed by atoms with van der Waals surface area (Å²) in [7, 11) is 1.56. The number of nitrogen functional groups attached to an aromatic ring is 1. The van der Waals surface area contributed by atoms with Crippen LogP contribution < -0.4 is 20.5 Å². The van der Waals surface area contributed by atoms with Crippen LogP contribution in [0.4, 0.5) is 11.4 Å². The predicted molar refractivity (Wildman–Crippen MR) is 92.7 cm³/mol. The molecular formula is C18H20N2O3. The van der Waals surface area contributed by atoms with Crippen molar-refractivity contribution in [2.45, 2.75) is 6.92 Å². The minimum absolute atomic E-state index is 0.219. The van der Waals surface area contributed by atoms with E-state index in [-0.39, 0.29) is 5.91 Å². The first-order valence-corrected chi connectivity index (χ1v) is 7.28. The van der Waals surface area contributed by atoms with E-state index in [2.05, 4.69) is 5.32 Å². The molecule has 0 saturated heterocycles. The molecule has 0 radical (unpaired) electrons. The van der Waals surface area contributed by atoms with Gasteiger partial charge in [-0.25, -0.2) is 0 Å². The zero-order valence-electron chi connectivity index (χ0n) is 13.2. The average molecular weight is 312 g/mol. The Morgan fingerprint density at radius 1 is 1.22 bits per heavy atom. The Morgan fingerprint density at radius 2 is 1.96 bits per heavy atom. The lowest BCUT2D eigenvalue weighted by atomic mass is 10.1. The Hall–Kier alpha value is -2.95. The first-order chi connectivity index (χ1) is 11.1. The second-order valence-electron chi connectivity index (χ2n) is 4.78. The van der Waals surface area contributed by atoms with Gasteiger partial charge in [-0.1, -0.05) is 6.07 Å². The zero-order chi connectivity index (χ0) is 16.7. The molecule has 5 nitrogen and oxygen atoms in total. The Bertz CT molecular complexity index is 694. The van der Waals surface area contributed by atoms with Crippen molar-refractivity contribution in [1.29, 1.82) is 0 Å². The number of ether oxygens (including phenoxy) is 2. The molecule has 2 rings (SSSR count). The Labute approximate surface area is 135 Å². The van der Waals surface area contributed by atoms with Crippen molar-refractivity contribution in [2.24, 2.45) is 0 Å². The van der Waals surface area contributed by atoms with Gasteiger partial charge in [0, 0.05) is 11.8 Å². The molecule has 0 heterocycles. The quantitative estimate of drug-likeness (QED) is 0.634. The number of rotatable bonds is 6. The molecule has 0 saturated carbocycles. The standard InChI is InChI=1S/C18H20N2O3/c1-3-23-15-8-6-14(7-9-15)20-18(21)11-5-13-4-10-17(22-2)16(19)12-13/h4-12H,3,19H2,1-2H3,(H,20,21)/b11-5+. The van der Waals surface area contributed by atoms with Crippen LogP contribution in [-0.4, -0.2) is 19.6 Å². The summed E-state index contributed by atoms with van der Waals surface area (Å²) in [6, 6.07) is 12.6. The molecule has 0 aliphatic carbocycles. The lowest BCUT2D eigenvalue weighted by Gasteiger charge is -2.06. The molecule has 120 valence electrons. The van der Waals surface area contributed by atoms with Crippen LogP contribution in [0.1, 0.15) is 12.5 Å². The van der Waals surface area contributed by atoms with E-state index in [9.17, 15) is 4.79 Å². The molecule has 23 heavy (non-hydrogen) atoms. The number of nitrogens with one attached hydrogen (secondary N) is 1. The Morgan fingerprint density at radius 3 is 2.57 bits per heavy atom. The molecule has 0 spiro atoms. The van der Waals surface area contributed by atoms with Gasteiger partial charge < -0.3 is 20.5 Å². The summed E-state index contributed by atoms with van der Waals surface area (Å²) in [6.07, 6.45) is 3.15. The van der Waals surface area contributed by atoms with Gasteiger partial charge in [0.2, 0.25) is 5.91 Å². The SMILES string of the molecule is CCOc1ccc(NC(=O)/C=C/c2ccc(OC)c(N)c2)cc1. The first kappa shape index (κ1) is 16.4. The molecule has 2 aromatic carbocycles. The van der Waals surface area contributed by atoms with Crippen LogP contribution >= 0.6 is 0 Å². The molecule has 0 aliphatic heterocycles. The molecule has 0 bridgehead atoms. The molecule has 5 heteroatoms. The number of anilines is 2. The van der Waals surface area contributed by atoms with E-state index in [1.807, 2.05) is 25.1 Å². The van der Waals surface area contributed by atoms with E-state index < -0.39 is 0 Å². The molecule has 0 aliphatic rings. The number of methoxy groups -OCH3 is 1. The maximum Gasteiger partial charge on any atom is 0.248 e. The summed E-state index contributed by atoms with van der Waals surface area (Å²) >= 11 is 0. The minimum Gasteiger partial charge on any atom is -0.495 e. The first-order valence-electron chi connectivity index (χ1n) is 7.28. The second-order valence-corrected chi connectivity index (χ2v) is 4.78. The summed E-state index contributed by atoms with van der Waals surface area (Å²) < 4.78 is 10.4. The van der Waals surface area contributed by atoms with Crippen molar-refractivity contribution in [3.63, 3.8) is 0 Å². The van der Waals surface area contributed by atoms with E-state index >= 15 is 0 Å². The number of hydrogen-bond acceptors (Lipinski definition) is 4. The molecule has 2 aromatic rings. The highest BCUT2D eigenvalue weighted by molar-refractivity contribution is 6.02. The van der Waals surface area contributed by atoms with Crippen LogP contribution in [0.15, 0.2) is 48.5 Å². The molecule has 0 unspecified atom stereocenters. The van der Waals surface area contributed by atoms with Crippen molar-refractivity contribution < 1.29 is 14.3 Å². The minimum atomic E-state index is -0.219. The van der Waals surface area contributed by atoms with Gasteiger partial charge >= 0.3 is 0 Å². The van der Waals surface area contributed by atoms with Gasteiger partial charge in [-0.05, 0) is 55.0 Å². The topological polar surface area (TPSA) is 73.6 Å². The zero-order valence-corrected chi connectivity index (χ0v) is 13.2. The molecule has 0 atom stereocenters. The highest BCUT2D eigenvalue weighted by Gasteiger charge is 2.01. The third-order valence-corrected chi connectivity index (χ3v) is 3.11. The maximum atomic E-state index is 11.9. The van der Waals surface area contributed by atoms with E-state index in [0.29, 0.717) is 23.7 Å². The van der Waals surface area contributed by atoms with Gasteiger partial charge in [0.25, 0.3) is 0 Å². The van der Waals surface area contributed by atoms with Crippen molar-refractivity contribution in [3.8, 4) is 11.5 Å². The van der Waals surface area contributed by atoms with Crippen LogP contribution in [0, 0.1) is 0 Å². The lowest BCUT2D eigenvalue weighted by molar-refractivity contribution is -0.111. The molecule has 3 N–H and O–H groups in total. The van der Waals surface area contributed by atoms with Gasteiger partial charge in [-0.15, -0.1) is 0 Å². The number of carbonyl (C=O) groups excluding carboxylic acids is 1. The molecule has 1 amide bonds. The van der Waals surface area contributed by atoms with Gasteiger partial charge in [0.05, 0.1) is 19.4 Å². The summed E-state index contributed by atoms with van der Waals surface area (Å²) in [5.41, 5.74) is 7.89. The molecular weight excluding hydrogens is 292 g/mol. The van der Waals surface area contributed by atoms with E-state index in [1.54, 1.807) is 37.5 Å². The third-order valence-electron chi connectivity index (χ3n) is 3.11. The van der Waals surface area contributed by atoms with E-state index in [1.165, 1.54) is 6.08 Å². The van der Waals surface area contributed by atoms with Crippen LogP contribution in [0.2, 0.25) is 0 Å². The fourth-order valence-corrected chi connectivity index (χ4v) is 2.01. The normalized spacial score (nSPS) is 10.5. The fourth-order valence-electron chi connectivity index (χ4n) is 2.01. The number of carbonyl (C=O) groups is 1. The van der Waals surface area contributed by atoms with Crippen LogP contribution in [0.5, 0.6) is 11.5 Å². The maximum absolute atomic E-state index is 11.9. The third kappa shape index (κ3) is 4.78. The number of benzene rings is 2. The molecule has 0 aromatic heterocycles. The van der Waals surface area contributed by atoms with E-state index in [0.717, 1.165) is 11.3 Å². The number of nitrogens with two attached hydrogens (primary N) is 1. The van der Waals surface area contributed by atoms with Gasteiger partial charge in [-0.3, -0.25) is 4.79 Å². The summed E-state index contributed by atoms with van der Waals surface area (Å²) in [5.74, 6) is 1.17. The van der Waals surface area contributed by atoms with Gasteiger partial charge in [0.15, 0.2) is 0 Å². The largest absolute Gasteiger partial charge is 0.495 e. The average Bonchev–Trinajstić information content (AvgIpc) is 2.55. The predicted octanol–water partition coefficient (Wildman–Crippen LogP) is 3.33. The van der Waals surface area contributed by atoms with Crippen LogP contribution in [-0.2, 0) is 4.79 Å². The molecule has 0 fully saturated rings. The van der Waals surface area contributed by atoms with Crippen LogP contribution in [0.3, 0.4) is 0 Å². The summed E-state index contributed by atoms with van der Waals surface area (Å²) in [5, 5.41) is 2.78. The number of hydrogen-bond donors (Lipinski definition) is 2. The second kappa shape index (κ2) is 7.89. The fraction of sp³-hybridized carbons (Fsp3) is 0.167. The lowest BCUT2D eigenvalue weighted by Crippen LogP contribution is -2.07. The van der Waals surface area contributed by atoms with E-state index in [4.69, 9.17) is 15.2 Å². The van der Waals surface area contributed by atoms with Crippen molar-refractivity contribution in [1.82, 2.24) is 0 Å². The smallest absolute Gasteiger partial charge is 0.248 e. The van der Waals surface area contributed by atoms with Crippen molar-refractivity contribution in [3.05, 3.63) is 54.1 Å². The van der Waals surface area contributed by atoms with Gasteiger partial charge in [-0.2, -0.15) is 0 Å². The van der Waals surface area contributed by atoms with Crippen molar-refractivity contribution in [2.75, 3.05) is 24.8 Å². The highest BCUT2D eigenvalue weighted by atomic mass is 16.5. The Balaban J connectivity index is 1.97. The highest BCUT2D eigenvalue weighted by Crippen LogP contribution is 2.22. The van der Waals surface area contributed by atoms with Crippen LogP contribution in [0.25, 0.3) is 6.08 Å². The number of amides is 1. The monoisotopic (exact) mass is 312 g/mol.